The summed E-state index contributed by atoms with van der Waals surface area (Å²) in [6.07, 6.45) is 8.49. The van der Waals surface area contributed by atoms with Crippen LogP contribution < -0.4 is 5.73 Å². The van der Waals surface area contributed by atoms with Crippen LogP contribution in [0.1, 0.15) is 44.1 Å². The highest BCUT2D eigenvalue weighted by Crippen LogP contribution is 2.34. The molecule has 1 aromatic carbocycles. The monoisotopic (exact) mass is 276 g/mol. The predicted octanol–water partition coefficient (Wildman–Crippen LogP) is 2.92. The first-order chi connectivity index (χ1) is 9.54. The number of benzene rings is 1. The number of hydrogen-bond acceptors (Lipinski definition) is 3. The second-order valence-electron chi connectivity index (χ2n) is 6.39. The van der Waals surface area contributed by atoms with Gasteiger partial charge in [0.2, 0.25) is 0 Å². The molecule has 1 atom stereocenters. The predicted molar refractivity (Wildman–Crippen MR) is 83.9 cm³/mol. The number of nitrogens with two attached hydrogens (primary N) is 1. The minimum absolute atomic E-state index is 0.119. The van der Waals surface area contributed by atoms with Gasteiger partial charge in [0.05, 0.1) is 0 Å². The van der Waals surface area contributed by atoms with E-state index in [9.17, 15) is 5.11 Å². The Bertz CT molecular complexity index is 406. The zero-order valence-electron chi connectivity index (χ0n) is 12.8. The Hall–Kier alpha value is -1.06. The molecule has 20 heavy (non-hydrogen) atoms. The molecule has 0 bridgehead atoms. The smallest absolute Gasteiger partial charge is 0.115 e. The number of rotatable bonds is 4. The van der Waals surface area contributed by atoms with E-state index < -0.39 is 0 Å². The van der Waals surface area contributed by atoms with Gasteiger partial charge in [0.1, 0.15) is 5.75 Å². The highest BCUT2D eigenvalue weighted by atomic mass is 16.3. The third-order valence-electron chi connectivity index (χ3n) is 4.94. The fourth-order valence-corrected chi connectivity index (χ4v) is 3.57. The lowest BCUT2D eigenvalue weighted by Crippen LogP contribution is -2.58. The third-order valence-corrected chi connectivity index (χ3v) is 4.94. The third kappa shape index (κ3) is 3.33. The van der Waals surface area contributed by atoms with Crippen LogP contribution in [0.5, 0.6) is 5.75 Å². The van der Waals surface area contributed by atoms with E-state index in [1.54, 1.807) is 12.1 Å². The van der Waals surface area contributed by atoms with Crippen molar-refractivity contribution in [1.82, 2.24) is 4.90 Å². The van der Waals surface area contributed by atoms with Crippen molar-refractivity contribution in [3.8, 4) is 5.75 Å². The summed E-state index contributed by atoms with van der Waals surface area (Å²) in [5.41, 5.74) is 7.95. The molecular weight excluding hydrogens is 248 g/mol. The second-order valence-corrected chi connectivity index (χ2v) is 6.39. The number of nitrogens with zero attached hydrogens (tertiary/aromatic N) is 1. The van der Waals surface area contributed by atoms with Gasteiger partial charge in [-0.2, -0.15) is 0 Å². The molecule has 1 aliphatic carbocycles. The van der Waals surface area contributed by atoms with Crippen molar-refractivity contribution in [3.05, 3.63) is 29.8 Å². The molecule has 0 radical (unpaired) electrons. The van der Waals surface area contributed by atoms with E-state index >= 15 is 0 Å². The first-order valence-electron chi connectivity index (χ1n) is 7.75. The fraction of sp³-hybridized carbons (Fsp3) is 0.647. The van der Waals surface area contributed by atoms with Crippen LogP contribution in [0, 0.1) is 0 Å². The van der Waals surface area contributed by atoms with E-state index in [-0.39, 0.29) is 11.6 Å². The molecule has 1 saturated carbocycles. The summed E-state index contributed by atoms with van der Waals surface area (Å²) in [5.74, 6) is 0.319. The van der Waals surface area contributed by atoms with Gasteiger partial charge in [0.15, 0.2) is 0 Å². The summed E-state index contributed by atoms with van der Waals surface area (Å²) in [6.45, 7) is 0. The Balaban J connectivity index is 2.13. The van der Waals surface area contributed by atoms with E-state index in [4.69, 9.17) is 5.73 Å². The Labute approximate surface area is 122 Å². The van der Waals surface area contributed by atoms with Gasteiger partial charge in [0.25, 0.3) is 0 Å². The van der Waals surface area contributed by atoms with E-state index in [1.165, 1.54) is 44.1 Å². The molecule has 3 nitrogen and oxygen atoms in total. The van der Waals surface area contributed by atoms with E-state index in [0.717, 1.165) is 6.42 Å². The molecule has 2 rings (SSSR count). The average Bonchev–Trinajstić information content (AvgIpc) is 2.68. The van der Waals surface area contributed by atoms with Crippen LogP contribution in [0.15, 0.2) is 24.3 Å². The summed E-state index contributed by atoms with van der Waals surface area (Å²) in [5, 5.41) is 9.38. The van der Waals surface area contributed by atoms with Crippen LogP contribution in [0.3, 0.4) is 0 Å². The Morgan fingerprint density at radius 3 is 2.15 bits per heavy atom. The van der Waals surface area contributed by atoms with Crippen molar-refractivity contribution in [1.29, 1.82) is 0 Å². The van der Waals surface area contributed by atoms with Crippen LogP contribution in [0.2, 0.25) is 0 Å². The quantitative estimate of drug-likeness (QED) is 0.831. The molecular formula is C17H28N2O. The van der Waals surface area contributed by atoms with E-state index in [0.29, 0.717) is 5.75 Å². The molecule has 0 amide bonds. The Morgan fingerprint density at radius 2 is 1.65 bits per heavy atom. The summed E-state index contributed by atoms with van der Waals surface area (Å²) in [6, 6.07) is 7.60. The highest BCUT2D eigenvalue weighted by Gasteiger charge is 2.38. The second kappa shape index (κ2) is 6.59. The summed E-state index contributed by atoms with van der Waals surface area (Å²) in [4.78, 5) is 2.35. The molecule has 0 heterocycles. The lowest BCUT2D eigenvalue weighted by atomic mass is 9.79. The van der Waals surface area contributed by atoms with E-state index in [1.807, 2.05) is 12.1 Å². The first-order valence-corrected chi connectivity index (χ1v) is 7.75. The number of hydrogen-bond donors (Lipinski definition) is 2. The molecule has 3 N–H and O–H groups in total. The summed E-state index contributed by atoms with van der Waals surface area (Å²) < 4.78 is 0. The first kappa shape index (κ1) is 15.3. The largest absolute Gasteiger partial charge is 0.508 e. The minimum Gasteiger partial charge on any atom is -0.508 e. The standard InChI is InChI=1S/C17H28N2O/c1-19(2)17(11-5-3-4-6-12-17)16(18)13-14-7-9-15(20)10-8-14/h7-10,16,20H,3-6,11-13,18H2,1-2H3. The SMILES string of the molecule is CN(C)C1(C(N)Cc2ccc(O)cc2)CCCCCC1. The van der Waals surface area contributed by atoms with Gasteiger partial charge in [-0.15, -0.1) is 0 Å². The maximum atomic E-state index is 9.38. The van der Waals surface area contributed by atoms with Crippen molar-refractivity contribution in [2.45, 2.75) is 56.5 Å². The van der Waals surface area contributed by atoms with Gasteiger partial charge in [-0.1, -0.05) is 37.8 Å². The molecule has 112 valence electrons. The number of phenols is 1. The number of phenolic OH excluding ortho intramolecular Hbond substituents is 1. The van der Waals surface area contributed by atoms with Gasteiger partial charge < -0.3 is 15.7 Å². The molecule has 1 fully saturated rings. The van der Waals surface area contributed by atoms with Crippen molar-refractivity contribution in [2.24, 2.45) is 5.73 Å². The Kier molecular flexibility index (Phi) is 5.06. The highest BCUT2D eigenvalue weighted by molar-refractivity contribution is 5.27. The van der Waals surface area contributed by atoms with Crippen LogP contribution in [0.25, 0.3) is 0 Å². The molecule has 1 unspecified atom stereocenters. The van der Waals surface area contributed by atoms with Crippen molar-refractivity contribution in [2.75, 3.05) is 14.1 Å². The van der Waals surface area contributed by atoms with Crippen LogP contribution in [0.4, 0.5) is 0 Å². The lowest BCUT2D eigenvalue weighted by molar-refractivity contribution is 0.0968. The van der Waals surface area contributed by atoms with Crippen LogP contribution in [-0.4, -0.2) is 35.7 Å². The molecule has 3 heteroatoms. The lowest BCUT2D eigenvalue weighted by Gasteiger charge is -2.44. The average molecular weight is 276 g/mol. The zero-order chi connectivity index (χ0) is 14.6. The summed E-state index contributed by atoms with van der Waals surface area (Å²) in [7, 11) is 4.34. The van der Waals surface area contributed by atoms with E-state index in [2.05, 4.69) is 19.0 Å². The molecule has 0 aromatic heterocycles. The van der Waals surface area contributed by atoms with Gasteiger partial charge in [-0.25, -0.2) is 0 Å². The maximum Gasteiger partial charge on any atom is 0.115 e. The summed E-state index contributed by atoms with van der Waals surface area (Å²) >= 11 is 0. The van der Waals surface area contributed by atoms with Gasteiger partial charge in [0, 0.05) is 11.6 Å². The van der Waals surface area contributed by atoms with Gasteiger partial charge in [-0.05, 0) is 51.1 Å². The number of aromatic hydroxyl groups is 1. The fourth-order valence-electron chi connectivity index (χ4n) is 3.57. The number of likely N-dealkylation sites (N-methyl/N-ethyl adjacent to an activating group) is 1. The zero-order valence-corrected chi connectivity index (χ0v) is 12.8. The van der Waals surface area contributed by atoms with Gasteiger partial charge >= 0.3 is 0 Å². The maximum absolute atomic E-state index is 9.38. The minimum atomic E-state index is 0.119. The molecule has 0 spiro atoms. The topological polar surface area (TPSA) is 49.5 Å². The molecule has 0 saturated heterocycles. The van der Waals surface area contributed by atoms with Crippen molar-refractivity contribution >= 4 is 0 Å². The van der Waals surface area contributed by atoms with Gasteiger partial charge in [-0.3, -0.25) is 0 Å². The molecule has 1 aromatic rings. The molecule has 1 aliphatic rings. The Morgan fingerprint density at radius 1 is 1.10 bits per heavy atom. The van der Waals surface area contributed by atoms with Crippen molar-refractivity contribution in [3.63, 3.8) is 0 Å². The normalized spacial score (nSPS) is 20.6. The van der Waals surface area contributed by atoms with Crippen molar-refractivity contribution < 1.29 is 5.11 Å². The van der Waals surface area contributed by atoms with Crippen LogP contribution >= 0.6 is 0 Å². The van der Waals surface area contributed by atoms with Crippen LogP contribution in [-0.2, 0) is 6.42 Å². The molecule has 0 aliphatic heterocycles.